The SMILES string of the molecule is COc1ccc(N2Cc3nc(Cl)ccc3N(c3c(Cl)cccc3Cl)C2=O)cc1. The smallest absolute Gasteiger partial charge is 0.334 e. The molecule has 4 rings (SSSR count). The first-order valence-electron chi connectivity index (χ1n) is 8.34. The summed E-state index contributed by atoms with van der Waals surface area (Å²) in [6, 6.07) is 15.4. The van der Waals surface area contributed by atoms with Crippen LogP contribution < -0.4 is 14.5 Å². The molecule has 0 unspecified atom stereocenters. The molecule has 28 heavy (non-hydrogen) atoms. The highest BCUT2D eigenvalue weighted by molar-refractivity contribution is 6.40. The van der Waals surface area contributed by atoms with Gasteiger partial charge in [-0.25, -0.2) is 9.78 Å². The van der Waals surface area contributed by atoms with Crippen LogP contribution in [0.4, 0.5) is 21.9 Å². The van der Waals surface area contributed by atoms with Crippen LogP contribution in [0.5, 0.6) is 5.75 Å². The van der Waals surface area contributed by atoms with E-state index in [-0.39, 0.29) is 12.6 Å². The molecule has 2 amide bonds. The number of ether oxygens (including phenoxy) is 1. The maximum Gasteiger partial charge on any atom is 0.334 e. The van der Waals surface area contributed by atoms with Crippen molar-refractivity contribution in [2.24, 2.45) is 0 Å². The number of nitrogens with zero attached hydrogens (tertiary/aromatic N) is 3. The Morgan fingerprint density at radius 1 is 0.964 bits per heavy atom. The highest BCUT2D eigenvalue weighted by Crippen LogP contribution is 2.43. The number of carbonyl (C=O) groups is 1. The van der Waals surface area contributed by atoms with E-state index in [1.807, 2.05) is 0 Å². The molecule has 3 aromatic rings. The van der Waals surface area contributed by atoms with Gasteiger partial charge in [0.15, 0.2) is 0 Å². The van der Waals surface area contributed by atoms with Gasteiger partial charge in [0, 0.05) is 5.69 Å². The number of carbonyl (C=O) groups excluding carboxylic acids is 1. The van der Waals surface area contributed by atoms with Gasteiger partial charge in [-0.3, -0.25) is 9.80 Å². The lowest BCUT2D eigenvalue weighted by Crippen LogP contribution is -2.45. The number of para-hydroxylation sites is 1. The topological polar surface area (TPSA) is 45.7 Å². The molecule has 0 saturated heterocycles. The van der Waals surface area contributed by atoms with E-state index < -0.39 is 0 Å². The number of urea groups is 1. The summed E-state index contributed by atoms with van der Waals surface area (Å²) >= 11 is 18.9. The van der Waals surface area contributed by atoms with Crippen molar-refractivity contribution in [1.82, 2.24) is 4.98 Å². The van der Waals surface area contributed by atoms with Crippen LogP contribution in [0, 0.1) is 0 Å². The van der Waals surface area contributed by atoms with Gasteiger partial charge in [0.25, 0.3) is 0 Å². The van der Waals surface area contributed by atoms with Crippen molar-refractivity contribution in [3.05, 3.63) is 75.5 Å². The Balaban J connectivity index is 1.88. The molecule has 2 aromatic carbocycles. The molecule has 0 radical (unpaired) electrons. The third kappa shape index (κ3) is 3.26. The molecule has 5 nitrogen and oxygen atoms in total. The zero-order valence-corrected chi connectivity index (χ0v) is 17.0. The Morgan fingerprint density at radius 3 is 2.29 bits per heavy atom. The van der Waals surface area contributed by atoms with E-state index in [1.165, 1.54) is 4.90 Å². The van der Waals surface area contributed by atoms with E-state index in [2.05, 4.69) is 4.98 Å². The summed E-state index contributed by atoms with van der Waals surface area (Å²) in [5, 5.41) is 1.06. The maximum atomic E-state index is 13.5. The van der Waals surface area contributed by atoms with Gasteiger partial charge in [-0.2, -0.15) is 0 Å². The summed E-state index contributed by atoms with van der Waals surface area (Å²) in [4.78, 5) is 20.9. The molecule has 0 spiro atoms. The van der Waals surface area contributed by atoms with Gasteiger partial charge in [-0.15, -0.1) is 0 Å². The molecule has 1 aliphatic heterocycles. The van der Waals surface area contributed by atoms with Crippen LogP contribution in [0.2, 0.25) is 15.2 Å². The largest absolute Gasteiger partial charge is 0.497 e. The quantitative estimate of drug-likeness (QED) is 0.453. The van der Waals surface area contributed by atoms with E-state index in [0.717, 1.165) is 0 Å². The highest BCUT2D eigenvalue weighted by atomic mass is 35.5. The average Bonchev–Trinajstić information content (AvgIpc) is 2.69. The van der Waals surface area contributed by atoms with Crippen LogP contribution >= 0.6 is 34.8 Å². The second kappa shape index (κ2) is 7.51. The van der Waals surface area contributed by atoms with Crippen molar-refractivity contribution < 1.29 is 9.53 Å². The molecule has 0 N–H and O–H groups in total. The van der Waals surface area contributed by atoms with Crippen molar-refractivity contribution >= 4 is 57.9 Å². The number of anilines is 3. The molecule has 142 valence electrons. The minimum atomic E-state index is -0.295. The number of pyridine rings is 1. The Bertz CT molecular complexity index is 1040. The summed E-state index contributed by atoms with van der Waals surface area (Å²) in [6.45, 7) is 0.264. The monoisotopic (exact) mass is 433 g/mol. The van der Waals surface area contributed by atoms with Crippen LogP contribution in [0.25, 0.3) is 0 Å². The van der Waals surface area contributed by atoms with Crippen LogP contribution in [0.15, 0.2) is 54.6 Å². The minimum Gasteiger partial charge on any atom is -0.497 e. The average molecular weight is 435 g/mol. The summed E-state index contributed by atoms with van der Waals surface area (Å²) < 4.78 is 5.20. The van der Waals surface area contributed by atoms with Crippen molar-refractivity contribution in [2.45, 2.75) is 6.54 Å². The van der Waals surface area contributed by atoms with Gasteiger partial charge in [0.2, 0.25) is 0 Å². The van der Waals surface area contributed by atoms with Gasteiger partial charge in [-0.1, -0.05) is 40.9 Å². The fourth-order valence-electron chi connectivity index (χ4n) is 3.11. The van der Waals surface area contributed by atoms with Gasteiger partial charge >= 0.3 is 6.03 Å². The first-order chi connectivity index (χ1) is 13.5. The summed E-state index contributed by atoms with van der Waals surface area (Å²) in [5.41, 5.74) is 2.32. The standard InChI is InChI=1S/C20H14Cl3N3O2/c1-28-13-7-5-12(6-8-13)25-11-16-17(9-10-18(23)24-16)26(20(25)27)19-14(21)3-2-4-15(19)22/h2-10H,11H2,1H3. The predicted octanol–water partition coefficient (Wildman–Crippen LogP) is 6.33. The molecule has 0 saturated carbocycles. The lowest BCUT2D eigenvalue weighted by molar-refractivity contribution is 0.252. The van der Waals surface area contributed by atoms with Crippen molar-refractivity contribution in [3.8, 4) is 5.75 Å². The zero-order valence-electron chi connectivity index (χ0n) is 14.7. The second-order valence-electron chi connectivity index (χ2n) is 6.07. The molecular weight excluding hydrogens is 421 g/mol. The lowest BCUT2D eigenvalue weighted by Gasteiger charge is -2.37. The zero-order chi connectivity index (χ0) is 19.8. The Morgan fingerprint density at radius 2 is 1.64 bits per heavy atom. The fourth-order valence-corrected chi connectivity index (χ4v) is 3.84. The first kappa shape index (κ1) is 18.9. The van der Waals surface area contributed by atoms with Crippen LogP contribution in [-0.2, 0) is 6.54 Å². The number of methoxy groups -OCH3 is 1. The van der Waals surface area contributed by atoms with Crippen LogP contribution in [0.1, 0.15) is 5.69 Å². The van der Waals surface area contributed by atoms with Gasteiger partial charge in [-0.05, 0) is 48.5 Å². The molecular formula is C20H14Cl3N3O2. The number of fused-ring (bicyclic) bond motifs is 1. The summed E-state index contributed by atoms with van der Waals surface area (Å²) in [5.74, 6) is 0.695. The van der Waals surface area contributed by atoms with Crippen LogP contribution in [-0.4, -0.2) is 18.1 Å². The van der Waals surface area contributed by atoms with E-state index in [0.29, 0.717) is 43.7 Å². The summed E-state index contributed by atoms with van der Waals surface area (Å²) in [6.07, 6.45) is 0. The third-order valence-corrected chi connectivity index (χ3v) is 5.25. The minimum absolute atomic E-state index is 0.264. The lowest BCUT2D eigenvalue weighted by atomic mass is 10.1. The van der Waals surface area contributed by atoms with Crippen LogP contribution in [0.3, 0.4) is 0 Å². The Hall–Kier alpha value is -2.47. The van der Waals surface area contributed by atoms with Crippen molar-refractivity contribution in [1.29, 1.82) is 0 Å². The first-order valence-corrected chi connectivity index (χ1v) is 9.48. The highest BCUT2D eigenvalue weighted by Gasteiger charge is 2.35. The van der Waals surface area contributed by atoms with Gasteiger partial charge in [0.1, 0.15) is 10.9 Å². The molecule has 1 aromatic heterocycles. The van der Waals surface area contributed by atoms with E-state index in [4.69, 9.17) is 39.5 Å². The Labute approximate surface area is 177 Å². The molecule has 0 atom stereocenters. The van der Waals surface area contributed by atoms with E-state index in [9.17, 15) is 4.79 Å². The molecule has 8 heteroatoms. The fraction of sp³-hybridized carbons (Fsp3) is 0.100. The van der Waals surface area contributed by atoms with Gasteiger partial charge in [0.05, 0.1) is 40.8 Å². The third-order valence-electron chi connectivity index (χ3n) is 4.43. The molecule has 1 aliphatic rings. The summed E-state index contributed by atoms with van der Waals surface area (Å²) in [7, 11) is 1.59. The molecule has 2 heterocycles. The van der Waals surface area contributed by atoms with Crippen molar-refractivity contribution in [2.75, 3.05) is 16.9 Å². The van der Waals surface area contributed by atoms with E-state index >= 15 is 0 Å². The number of halogens is 3. The number of amides is 2. The molecule has 0 bridgehead atoms. The number of benzene rings is 2. The Kier molecular flexibility index (Phi) is 5.06. The number of aromatic nitrogens is 1. The number of hydrogen-bond acceptors (Lipinski definition) is 3. The number of rotatable bonds is 3. The van der Waals surface area contributed by atoms with Crippen molar-refractivity contribution in [3.63, 3.8) is 0 Å². The second-order valence-corrected chi connectivity index (χ2v) is 7.27. The van der Waals surface area contributed by atoms with Gasteiger partial charge < -0.3 is 4.74 Å². The maximum absolute atomic E-state index is 13.5. The van der Waals surface area contributed by atoms with E-state index in [1.54, 1.807) is 66.6 Å². The molecule has 0 fully saturated rings. The predicted molar refractivity (Wildman–Crippen MR) is 112 cm³/mol. The number of hydrogen-bond donors (Lipinski definition) is 0. The normalized spacial score (nSPS) is 13.5. The molecule has 0 aliphatic carbocycles.